The lowest BCUT2D eigenvalue weighted by atomic mass is 9.79. The van der Waals surface area contributed by atoms with Gasteiger partial charge in [-0.1, -0.05) is 166 Å². The Morgan fingerprint density at radius 3 is 1.82 bits per heavy atom. The van der Waals surface area contributed by atoms with Gasteiger partial charge in [-0.3, -0.25) is 0 Å². The topological polar surface area (TPSA) is 21.3 Å². The summed E-state index contributed by atoms with van der Waals surface area (Å²) in [4.78, 5) is 2.44. The standard InChI is InChI=1S/C57H40N2O/c1-57(2)47-25-10-6-19-42(47)45-24-16-23-40(55(45)57)38-31-33-39(34-32-38)58(50-28-13-14-29-51(50)59-48-26-11-7-20-43(48)44-21-8-12-27-49(44)59)52-36-35-41(37-17-4-3-5-18-37)56-54(52)46-22-9-15-30-53(46)60-56/h3-36H,1-2H3. The average Bonchev–Trinajstić information content (AvgIpc) is 3.93. The van der Waals surface area contributed by atoms with E-state index in [1.54, 1.807) is 0 Å². The van der Waals surface area contributed by atoms with Crippen LogP contribution in [-0.4, -0.2) is 4.57 Å². The Bertz CT molecular complexity index is 3410. The molecular weight excluding hydrogens is 729 g/mol. The maximum Gasteiger partial charge on any atom is 0.145 e. The van der Waals surface area contributed by atoms with Gasteiger partial charge in [-0.25, -0.2) is 0 Å². The molecule has 284 valence electrons. The van der Waals surface area contributed by atoms with Crippen molar-refractivity contribution >= 4 is 60.8 Å². The maximum absolute atomic E-state index is 6.85. The van der Waals surface area contributed by atoms with Gasteiger partial charge in [-0.05, 0) is 93.5 Å². The molecule has 60 heavy (non-hydrogen) atoms. The van der Waals surface area contributed by atoms with E-state index in [9.17, 15) is 0 Å². The van der Waals surface area contributed by atoms with Gasteiger partial charge in [0.2, 0.25) is 0 Å². The number of anilines is 3. The summed E-state index contributed by atoms with van der Waals surface area (Å²) < 4.78 is 9.28. The molecule has 0 unspecified atom stereocenters. The van der Waals surface area contributed by atoms with E-state index in [2.05, 4.69) is 230 Å². The van der Waals surface area contributed by atoms with Gasteiger partial charge in [0.05, 0.1) is 33.5 Å². The summed E-state index contributed by atoms with van der Waals surface area (Å²) >= 11 is 0. The van der Waals surface area contributed by atoms with E-state index >= 15 is 0 Å². The molecule has 3 nitrogen and oxygen atoms in total. The SMILES string of the molecule is CC1(C)c2ccccc2-c2cccc(-c3ccc(N(c4ccccc4-n4c5ccccc5c5ccccc54)c4ccc(-c5ccccc5)c5oc6ccccc6c45)cc3)c21. The Morgan fingerprint density at radius 1 is 0.433 bits per heavy atom. The number of fused-ring (bicyclic) bond motifs is 9. The average molecular weight is 769 g/mol. The van der Waals surface area contributed by atoms with E-state index in [0.717, 1.165) is 55.8 Å². The molecular formula is C57H40N2O. The fourth-order valence-electron chi connectivity index (χ4n) is 10.2. The minimum Gasteiger partial charge on any atom is -0.455 e. The van der Waals surface area contributed by atoms with Crippen LogP contribution in [0.25, 0.3) is 82.8 Å². The molecule has 0 spiro atoms. The summed E-state index contributed by atoms with van der Waals surface area (Å²) in [7, 11) is 0. The normalized spacial score (nSPS) is 13.0. The van der Waals surface area contributed by atoms with Crippen LogP contribution < -0.4 is 4.90 Å². The van der Waals surface area contributed by atoms with Gasteiger partial charge in [-0.15, -0.1) is 0 Å². The molecule has 12 rings (SSSR count). The van der Waals surface area contributed by atoms with E-state index in [0.29, 0.717) is 0 Å². The smallest absolute Gasteiger partial charge is 0.145 e. The van der Waals surface area contributed by atoms with Crippen LogP contribution >= 0.6 is 0 Å². The predicted molar refractivity (Wildman–Crippen MR) is 251 cm³/mol. The highest BCUT2D eigenvalue weighted by Crippen LogP contribution is 2.53. The summed E-state index contributed by atoms with van der Waals surface area (Å²) in [6, 6.07) is 74.7. The highest BCUT2D eigenvalue weighted by Gasteiger charge is 2.37. The minimum atomic E-state index is -0.122. The zero-order valence-corrected chi connectivity index (χ0v) is 33.4. The van der Waals surface area contributed by atoms with Crippen LogP contribution in [-0.2, 0) is 5.41 Å². The van der Waals surface area contributed by atoms with Crippen LogP contribution in [0.1, 0.15) is 25.0 Å². The second kappa shape index (κ2) is 13.2. The first-order valence-electron chi connectivity index (χ1n) is 20.8. The van der Waals surface area contributed by atoms with Gasteiger partial charge in [0, 0.05) is 32.8 Å². The molecule has 1 aliphatic carbocycles. The monoisotopic (exact) mass is 768 g/mol. The van der Waals surface area contributed by atoms with E-state index in [-0.39, 0.29) is 5.41 Å². The zero-order chi connectivity index (χ0) is 40.0. The van der Waals surface area contributed by atoms with Crippen molar-refractivity contribution in [2.45, 2.75) is 19.3 Å². The Hall–Kier alpha value is -7.62. The molecule has 0 radical (unpaired) electrons. The molecule has 0 saturated heterocycles. The number of aromatic nitrogens is 1. The van der Waals surface area contributed by atoms with Crippen LogP contribution in [0, 0.1) is 0 Å². The number of para-hydroxylation sites is 5. The van der Waals surface area contributed by atoms with Crippen LogP contribution in [0.4, 0.5) is 17.1 Å². The van der Waals surface area contributed by atoms with Gasteiger partial charge < -0.3 is 13.9 Å². The predicted octanol–water partition coefficient (Wildman–Crippen LogP) is 15.8. The summed E-state index contributed by atoms with van der Waals surface area (Å²) in [6.07, 6.45) is 0. The molecule has 0 fully saturated rings. The van der Waals surface area contributed by atoms with E-state index in [1.165, 1.54) is 55.2 Å². The molecule has 0 N–H and O–H groups in total. The van der Waals surface area contributed by atoms with Crippen molar-refractivity contribution in [1.29, 1.82) is 0 Å². The van der Waals surface area contributed by atoms with Crippen LogP contribution in [0.5, 0.6) is 0 Å². The number of hydrogen-bond acceptors (Lipinski definition) is 2. The first-order valence-corrected chi connectivity index (χ1v) is 20.8. The number of furan rings is 1. The van der Waals surface area contributed by atoms with Crippen molar-refractivity contribution < 1.29 is 4.42 Å². The van der Waals surface area contributed by atoms with E-state index < -0.39 is 0 Å². The number of nitrogens with zero attached hydrogens (tertiary/aromatic N) is 2. The first kappa shape index (κ1) is 34.4. The third kappa shape index (κ3) is 5.02. The summed E-state index contributed by atoms with van der Waals surface area (Å²) in [5.41, 5.74) is 18.3. The van der Waals surface area contributed by atoms with Gasteiger partial charge in [0.15, 0.2) is 0 Å². The number of benzene rings is 9. The zero-order valence-electron chi connectivity index (χ0n) is 33.4. The fraction of sp³-hybridized carbons (Fsp3) is 0.0526. The Balaban J connectivity index is 1.12. The molecule has 2 aromatic heterocycles. The summed E-state index contributed by atoms with van der Waals surface area (Å²) in [6.45, 7) is 4.73. The summed E-state index contributed by atoms with van der Waals surface area (Å²) in [5.74, 6) is 0. The van der Waals surface area contributed by atoms with Crippen molar-refractivity contribution in [1.82, 2.24) is 4.57 Å². The van der Waals surface area contributed by atoms with E-state index in [4.69, 9.17) is 4.42 Å². The highest BCUT2D eigenvalue weighted by atomic mass is 16.3. The Labute approximate surface area is 349 Å². The summed E-state index contributed by atoms with van der Waals surface area (Å²) in [5, 5.41) is 4.62. The Morgan fingerprint density at radius 2 is 1.03 bits per heavy atom. The largest absolute Gasteiger partial charge is 0.455 e. The Kier molecular flexibility index (Phi) is 7.58. The van der Waals surface area contributed by atoms with Gasteiger partial charge in [-0.2, -0.15) is 0 Å². The van der Waals surface area contributed by atoms with Crippen molar-refractivity contribution in [2.75, 3.05) is 4.90 Å². The van der Waals surface area contributed by atoms with Crippen molar-refractivity contribution in [3.8, 4) is 39.1 Å². The van der Waals surface area contributed by atoms with Crippen molar-refractivity contribution in [2.24, 2.45) is 0 Å². The number of hydrogen-bond donors (Lipinski definition) is 0. The molecule has 0 saturated carbocycles. The molecule has 3 heteroatoms. The second-order valence-electron chi connectivity index (χ2n) is 16.4. The second-order valence-corrected chi connectivity index (χ2v) is 16.4. The van der Waals surface area contributed by atoms with Crippen LogP contribution in [0.2, 0.25) is 0 Å². The van der Waals surface area contributed by atoms with Crippen molar-refractivity contribution in [3.05, 3.63) is 217 Å². The molecule has 1 aliphatic rings. The number of rotatable bonds is 6. The van der Waals surface area contributed by atoms with Crippen LogP contribution in [0.3, 0.4) is 0 Å². The van der Waals surface area contributed by atoms with Gasteiger partial charge in [0.1, 0.15) is 11.2 Å². The van der Waals surface area contributed by atoms with Gasteiger partial charge >= 0.3 is 0 Å². The molecule has 2 heterocycles. The maximum atomic E-state index is 6.85. The van der Waals surface area contributed by atoms with E-state index in [1.807, 2.05) is 0 Å². The lowest BCUT2D eigenvalue weighted by molar-refractivity contribution is 0.662. The third-order valence-electron chi connectivity index (χ3n) is 12.8. The van der Waals surface area contributed by atoms with Crippen molar-refractivity contribution in [3.63, 3.8) is 0 Å². The quantitative estimate of drug-likeness (QED) is 0.168. The molecule has 0 bridgehead atoms. The molecule has 0 atom stereocenters. The molecule has 0 amide bonds. The highest BCUT2D eigenvalue weighted by molar-refractivity contribution is 6.17. The van der Waals surface area contributed by atoms with Crippen LogP contribution in [0.15, 0.2) is 211 Å². The van der Waals surface area contributed by atoms with Gasteiger partial charge in [0.25, 0.3) is 0 Å². The molecule has 11 aromatic rings. The molecule has 9 aromatic carbocycles. The lowest BCUT2D eigenvalue weighted by Gasteiger charge is -2.29. The lowest BCUT2D eigenvalue weighted by Crippen LogP contribution is -2.16. The molecule has 0 aliphatic heterocycles. The minimum absolute atomic E-state index is 0.122. The first-order chi connectivity index (χ1) is 29.6. The fourth-order valence-corrected chi connectivity index (χ4v) is 10.2. The third-order valence-corrected chi connectivity index (χ3v) is 12.8.